The largest absolute Gasteiger partial charge is 0.378 e. The Morgan fingerprint density at radius 3 is 2.95 bits per heavy atom. The molecule has 104 valence electrons. The first kappa shape index (κ1) is 13.8. The molecule has 19 heavy (non-hydrogen) atoms. The fourth-order valence-electron chi connectivity index (χ4n) is 2.38. The van der Waals surface area contributed by atoms with Gasteiger partial charge in [-0.15, -0.1) is 0 Å². The summed E-state index contributed by atoms with van der Waals surface area (Å²) >= 11 is 0. The Balaban J connectivity index is 1.84. The molecule has 0 spiro atoms. The fraction of sp³-hybridized carbons (Fsp3) is 0.571. The van der Waals surface area contributed by atoms with E-state index in [0.29, 0.717) is 12.3 Å². The molecule has 2 rings (SSSR count). The average molecular weight is 263 g/mol. The van der Waals surface area contributed by atoms with Gasteiger partial charge in [-0.2, -0.15) is 0 Å². The normalized spacial score (nSPS) is 24.4. The summed E-state index contributed by atoms with van der Waals surface area (Å²) in [7, 11) is 0. The first-order valence-corrected chi connectivity index (χ1v) is 6.63. The zero-order valence-corrected chi connectivity index (χ0v) is 11.6. The lowest BCUT2D eigenvalue weighted by Gasteiger charge is -2.51. The zero-order valence-electron chi connectivity index (χ0n) is 11.6. The van der Waals surface area contributed by atoms with Gasteiger partial charge in [0.25, 0.3) is 0 Å². The van der Waals surface area contributed by atoms with E-state index in [1.165, 1.54) is 0 Å². The molecule has 1 aromatic heterocycles. The van der Waals surface area contributed by atoms with E-state index in [1.54, 1.807) is 18.5 Å². The second kappa shape index (κ2) is 5.57. The van der Waals surface area contributed by atoms with Crippen LogP contribution in [-0.4, -0.2) is 29.8 Å². The number of amides is 2. The van der Waals surface area contributed by atoms with E-state index in [9.17, 15) is 4.79 Å². The van der Waals surface area contributed by atoms with Gasteiger partial charge < -0.3 is 15.4 Å². The molecule has 1 aromatic rings. The van der Waals surface area contributed by atoms with Crippen molar-refractivity contribution in [1.29, 1.82) is 0 Å². The summed E-state index contributed by atoms with van der Waals surface area (Å²) in [5.41, 5.74) is 0.668. The molecule has 2 atom stereocenters. The van der Waals surface area contributed by atoms with Crippen LogP contribution in [0, 0.1) is 5.41 Å². The van der Waals surface area contributed by atoms with Crippen LogP contribution in [0.5, 0.6) is 0 Å². The summed E-state index contributed by atoms with van der Waals surface area (Å²) in [4.78, 5) is 15.8. The topological polar surface area (TPSA) is 63.2 Å². The molecule has 0 aliphatic heterocycles. The van der Waals surface area contributed by atoms with Crippen LogP contribution in [0.2, 0.25) is 0 Å². The summed E-state index contributed by atoms with van der Waals surface area (Å²) in [6.07, 6.45) is 4.38. The van der Waals surface area contributed by atoms with E-state index in [0.717, 1.165) is 6.42 Å². The van der Waals surface area contributed by atoms with Crippen molar-refractivity contribution in [3.63, 3.8) is 0 Å². The fourth-order valence-corrected chi connectivity index (χ4v) is 2.38. The summed E-state index contributed by atoms with van der Waals surface area (Å²) in [5, 5.41) is 5.76. The molecule has 0 aromatic carbocycles. The lowest BCUT2D eigenvalue weighted by Crippen LogP contribution is -2.62. The van der Waals surface area contributed by atoms with E-state index in [4.69, 9.17) is 4.74 Å². The molecule has 5 nitrogen and oxygen atoms in total. The maximum atomic E-state index is 11.9. The van der Waals surface area contributed by atoms with Gasteiger partial charge in [0, 0.05) is 24.3 Å². The van der Waals surface area contributed by atoms with Crippen molar-refractivity contribution in [3.8, 4) is 0 Å². The minimum absolute atomic E-state index is 0.0255. The molecule has 0 radical (unpaired) electrons. The first-order chi connectivity index (χ1) is 9.04. The average Bonchev–Trinajstić information content (AvgIpc) is 2.39. The summed E-state index contributed by atoms with van der Waals surface area (Å²) < 4.78 is 5.64. The highest BCUT2D eigenvalue weighted by Crippen LogP contribution is 2.42. The maximum Gasteiger partial charge on any atom is 0.319 e. The minimum atomic E-state index is -0.193. The number of anilines is 1. The molecule has 1 aliphatic rings. The predicted octanol–water partition coefficient (Wildman–Crippen LogP) is 2.41. The lowest BCUT2D eigenvalue weighted by molar-refractivity contribution is -0.110. The summed E-state index contributed by atoms with van der Waals surface area (Å²) in [6, 6.07) is 3.54. The van der Waals surface area contributed by atoms with Crippen LogP contribution in [0.25, 0.3) is 0 Å². The molecule has 1 heterocycles. The number of pyridine rings is 1. The molecule has 2 amide bonds. The van der Waals surface area contributed by atoms with Gasteiger partial charge in [-0.3, -0.25) is 4.98 Å². The van der Waals surface area contributed by atoms with Crippen LogP contribution in [0.15, 0.2) is 24.5 Å². The Morgan fingerprint density at radius 2 is 2.37 bits per heavy atom. The maximum absolute atomic E-state index is 11.9. The number of urea groups is 1. The van der Waals surface area contributed by atoms with E-state index in [1.807, 2.05) is 13.0 Å². The Bertz CT molecular complexity index is 434. The van der Waals surface area contributed by atoms with E-state index in [2.05, 4.69) is 29.5 Å². The van der Waals surface area contributed by atoms with Gasteiger partial charge in [0.15, 0.2) is 0 Å². The summed E-state index contributed by atoms with van der Waals surface area (Å²) in [6.45, 7) is 6.94. The minimum Gasteiger partial charge on any atom is -0.378 e. The zero-order chi connectivity index (χ0) is 13.9. The standard InChI is InChI=1S/C14H21N3O2/c1-4-19-12-8-11(14(12,2)3)17-13(18)16-10-6-5-7-15-9-10/h5-7,9,11-12H,4,8H2,1-3H3,(H2,16,17,18)/t11-,12-/m1/s1. The molecule has 0 saturated heterocycles. The van der Waals surface area contributed by atoms with Gasteiger partial charge >= 0.3 is 6.03 Å². The third kappa shape index (κ3) is 3.04. The number of aromatic nitrogens is 1. The number of nitrogens with one attached hydrogen (secondary N) is 2. The molecule has 1 saturated carbocycles. The first-order valence-electron chi connectivity index (χ1n) is 6.63. The SMILES string of the molecule is CCO[C@@H]1C[C@@H](NC(=O)Nc2cccnc2)C1(C)C. The Kier molecular flexibility index (Phi) is 4.04. The molecule has 0 unspecified atom stereocenters. The summed E-state index contributed by atoms with van der Waals surface area (Å²) in [5.74, 6) is 0. The second-order valence-electron chi connectivity index (χ2n) is 5.39. The third-order valence-corrected chi connectivity index (χ3v) is 3.77. The van der Waals surface area contributed by atoms with Gasteiger partial charge in [0.2, 0.25) is 0 Å². The number of hydrogen-bond donors (Lipinski definition) is 2. The molecule has 2 N–H and O–H groups in total. The van der Waals surface area contributed by atoms with Crippen molar-refractivity contribution in [2.45, 2.75) is 39.3 Å². The molecular weight excluding hydrogens is 242 g/mol. The van der Waals surface area contributed by atoms with Crippen LogP contribution in [-0.2, 0) is 4.74 Å². The Hall–Kier alpha value is -1.62. The van der Waals surface area contributed by atoms with Crippen molar-refractivity contribution in [1.82, 2.24) is 10.3 Å². The van der Waals surface area contributed by atoms with Crippen molar-refractivity contribution < 1.29 is 9.53 Å². The van der Waals surface area contributed by atoms with Gasteiger partial charge in [-0.05, 0) is 25.5 Å². The van der Waals surface area contributed by atoms with Crippen LogP contribution in [0.3, 0.4) is 0 Å². The number of nitrogens with zero attached hydrogens (tertiary/aromatic N) is 1. The third-order valence-electron chi connectivity index (χ3n) is 3.77. The van der Waals surface area contributed by atoms with Crippen LogP contribution in [0.1, 0.15) is 27.2 Å². The quantitative estimate of drug-likeness (QED) is 0.876. The van der Waals surface area contributed by atoms with Gasteiger partial charge in [0.05, 0.1) is 18.0 Å². The highest BCUT2D eigenvalue weighted by Gasteiger charge is 2.49. The number of rotatable bonds is 4. The highest BCUT2D eigenvalue weighted by molar-refractivity contribution is 5.89. The van der Waals surface area contributed by atoms with Gasteiger partial charge in [-0.25, -0.2) is 4.79 Å². The Morgan fingerprint density at radius 1 is 1.58 bits per heavy atom. The highest BCUT2D eigenvalue weighted by atomic mass is 16.5. The van der Waals surface area contributed by atoms with Crippen molar-refractivity contribution >= 4 is 11.7 Å². The van der Waals surface area contributed by atoms with Gasteiger partial charge in [-0.1, -0.05) is 13.8 Å². The van der Waals surface area contributed by atoms with Crippen LogP contribution >= 0.6 is 0 Å². The van der Waals surface area contributed by atoms with Crippen molar-refractivity contribution in [3.05, 3.63) is 24.5 Å². The number of carbonyl (C=O) groups is 1. The molecule has 1 fully saturated rings. The lowest BCUT2D eigenvalue weighted by atomic mass is 9.64. The Labute approximate surface area is 113 Å². The van der Waals surface area contributed by atoms with E-state index < -0.39 is 0 Å². The molecule has 1 aliphatic carbocycles. The van der Waals surface area contributed by atoms with E-state index >= 15 is 0 Å². The van der Waals surface area contributed by atoms with Gasteiger partial charge in [0.1, 0.15) is 0 Å². The van der Waals surface area contributed by atoms with Crippen molar-refractivity contribution in [2.24, 2.45) is 5.41 Å². The molecule has 0 bridgehead atoms. The number of carbonyl (C=O) groups excluding carboxylic acids is 1. The monoisotopic (exact) mass is 263 g/mol. The van der Waals surface area contributed by atoms with E-state index in [-0.39, 0.29) is 23.6 Å². The van der Waals surface area contributed by atoms with Crippen molar-refractivity contribution in [2.75, 3.05) is 11.9 Å². The number of hydrogen-bond acceptors (Lipinski definition) is 3. The van der Waals surface area contributed by atoms with Crippen LogP contribution in [0.4, 0.5) is 10.5 Å². The van der Waals surface area contributed by atoms with Crippen LogP contribution < -0.4 is 10.6 Å². The smallest absolute Gasteiger partial charge is 0.319 e. The number of ether oxygens (including phenoxy) is 1. The second-order valence-corrected chi connectivity index (χ2v) is 5.39. The molecular formula is C14H21N3O2. The molecule has 5 heteroatoms. The predicted molar refractivity (Wildman–Crippen MR) is 74.0 cm³/mol.